The number of carboxylic acids is 1. The molecule has 2 amide bonds. The number of aromatic nitrogens is 1. The summed E-state index contributed by atoms with van der Waals surface area (Å²) >= 11 is 4.89. The van der Waals surface area contributed by atoms with E-state index in [9.17, 15) is 14.4 Å². The molecule has 1 aliphatic rings. The van der Waals surface area contributed by atoms with Gasteiger partial charge in [0.2, 0.25) is 5.91 Å². The zero-order valence-corrected chi connectivity index (χ0v) is 12.9. The largest absolute Gasteiger partial charge is 0.480 e. The van der Waals surface area contributed by atoms with Gasteiger partial charge in [0.15, 0.2) is 0 Å². The Morgan fingerprint density at radius 2 is 2.18 bits per heavy atom. The number of hydrogen-bond donors (Lipinski definition) is 3. The highest BCUT2D eigenvalue weighted by molar-refractivity contribution is 7.71. The Hall–Kier alpha value is -2.22. The molecule has 1 fully saturated rings. The van der Waals surface area contributed by atoms with E-state index in [1.165, 1.54) is 11.1 Å². The third-order valence-electron chi connectivity index (χ3n) is 3.59. The molecule has 0 saturated carbocycles. The minimum absolute atomic E-state index is 0.351. The molecule has 0 aliphatic carbocycles. The molecule has 2 atom stereocenters. The second-order valence-electron chi connectivity index (χ2n) is 5.16. The SMILES string of the molecule is C[C@H](NC(=O)c1ccc(=S)[nH]c1)C(=O)N1CCC[C@H]1C(=O)O. The summed E-state index contributed by atoms with van der Waals surface area (Å²) < 4.78 is 0.502. The van der Waals surface area contributed by atoms with Gasteiger partial charge in [-0.3, -0.25) is 9.59 Å². The second-order valence-corrected chi connectivity index (χ2v) is 5.60. The van der Waals surface area contributed by atoms with Gasteiger partial charge in [-0.05, 0) is 31.9 Å². The normalized spacial score (nSPS) is 18.8. The molecule has 0 spiro atoms. The second kappa shape index (κ2) is 6.69. The minimum atomic E-state index is -1.01. The fourth-order valence-corrected chi connectivity index (χ4v) is 2.56. The van der Waals surface area contributed by atoms with E-state index in [0.717, 1.165) is 0 Å². The predicted molar refractivity (Wildman–Crippen MR) is 80.9 cm³/mol. The molecule has 1 aromatic rings. The molecular formula is C14H17N3O4S. The Balaban J connectivity index is 2.02. The van der Waals surface area contributed by atoms with Gasteiger partial charge in [-0.1, -0.05) is 12.2 Å². The molecular weight excluding hydrogens is 306 g/mol. The number of aliphatic carboxylic acids is 1. The molecule has 8 heteroatoms. The molecule has 0 unspecified atom stereocenters. The third kappa shape index (κ3) is 3.51. The van der Waals surface area contributed by atoms with E-state index in [1.807, 2.05) is 0 Å². The Morgan fingerprint density at radius 1 is 1.45 bits per heavy atom. The van der Waals surface area contributed by atoms with Gasteiger partial charge in [-0.25, -0.2) is 4.79 Å². The first kappa shape index (κ1) is 16.2. The number of H-pyrrole nitrogens is 1. The minimum Gasteiger partial charge on any atom is -0.480 e. The molecule has 0 bridgehead atoms. The summed E-state index contributed by atoms with van der Waals surface area (Å²) in [6, 6.07) is 1.54. The zero-order valence-electron chi connectivity index (χ0n) is 12.0. The summed E-state index contributed by atoms with van der Waals surface area (Å²) in [4.78, 5) is 39.5. The highest BCUT2D eigenvalue weighted by Crippen LogP contribution is 2.18. The number of nitrogens with zero attached hydrogens (tertiary/aromatic N) is 1. The maximum absolute atomic E-state index is 12.3. The van der Waals surface area contributed by atoms with Gasteiger partial charge < -0.3 is 20.3 Å². The molecule has 1 aromatic heterocycles. The number of nitrogens with one attached hydrogen (secondary N) is 2. The van der Waals surface area contributed by atoms with Crippen molar-refractivity contribution in [3.63, 3.8) is 0 Å². The van der Waals surface area contributed by atoms with Crippen molar-refractivity contribution in [2.75, 3.05) is 6.54 Å². The summed E-state index contributed by atoms with van der Waals surface area (Å²) in [5, 5.41) is 11.7. The molecule has 0 radical (unpaired) electrons. The van der Waals surface area contributed by atoms with E-state index < -0.39 is 24.0 Å². The van der Waals surface area contributed by atoms with Gasteiger partial charge in [0.05, 0.1) is 5.56 Å². The number of carbonyl (C=O) groups excluding carboxylic acids is 2. The van der Waals surface area contributed by atoms with E-state index in [2.05, 4.69) is 10.3 Å². The van der Waals surface area contributed by atoms with Gasteiger partial charge in [0.25, 0.3) is 5.91 Å². The molecule has 1 saturated heterocycles. The number of amides is 2. The molecule has 2 rings (SSSR count). The summed E-state index contributed by atoms with van der Waals surface area (Å²) in [7, 11) is 0. The lowest BCUT2D eigenvalue weighted by molar-refractivity contribution is -0.148. The Morgan fingerprint density at radius 3 is 2.77 bits per heavy atom. The summed E-state index contributed by atoms with van der Waals surface area (Å²) in [6.45, 7) is 1.94. The van der Waals surface area contributed by atoms with E-state index in [0.29, 0.717) is 29.6 Å². The first-order chi connectivity index (χ1) is 10.4. The van der Waals surface area contributed by atoms with Crippen molar-refractivity contribution in [2.24, 2.45) is 0 Å². The quantitative estimate of drug-likeness (QED) is 0.716. The highest BCUT2D eigenvalue weighted by atomic mass is 32.1. The van der Waals surface area contributed by atoms with Crippen LogP contribution in [-0.2, 0) is 9.59 Å². The third-order valence-corrected chi connectivity index (χ3v) is 3.84. The van der Waals surface area contributed by atoms with E-state index in [1.54, 1.807) is 19.1 Å². The number of aromatic amines is 1. The van der Waals surface area contributed by atoms with Crippen LogP contribution in [0.2, 0.25) is 0 Å². The smallest absolute Gasteiger partial charge is 0.326 e. The standard InChI is InChI=1S/C14H17N3O4S/c1-8(13(19)17-6-2-3-10(17)14(20)21)16-12(18)9-4-5-11(22)15-7-9/h4-5,7-8,10H,2-3,6H2,1H3,(H,15,22)(H,16,18)(H,20,21)/t8-,10-/m0/s1. The van der Waals surface area contributed by atoms with Gasteiger partial charge in [0.1, 0.15) is 16.7 Å². The molecule has 1 aliphatic heterocycles. The van der Waals surface area contributed by atoms with Crippen LogP contribution in [0.1, 0.15) is 30.1 Å². The number of pyridine rings is 1. The van der Waals surface area contributed by atoms with Gasteiger partial charge in [-0.15, -0.1) is 0 Å². The van der Waals surface area contributed by atoms with E-state index >= 15 is 0 Å². The Kier molecular flexibility index (Phi) is 4.92. The summed E-state index contributed by atoms with van der Waals surface area (Å²) in [5.74, 6) is -1.82. The molecule has 7 nitrogen and oxygen atoms in total. The van der Waals surface area contributed by atoms with Crippen molar-refractivity contribution in [1.29, 1.82) is 0 Å². The maximum Gasteiger partial charge on any atom is 0.326 e. The van der Waals surface area contributed by atoms with Crippen molar-refractivity contribution in [2.45, 2.75) is 31.8 Å². The van der Waals surface area contributed by atoms with Gasteiger partial charge >= 0.3 is 5.97 Å². The van der Waals surface area contributed by atoms with Gasteiger partial charge in [-0.2, -0.15) is 0 Å². The van der Waals surface area contributed by atoms with E-state index in [-0.39, 0.29) is 5.91 Å². The van der Waals surface area contributed by atoms with Crippen LogP contribution < -0.4 is 5.32 Å². The first-order valence-corrected chi connectivity index (χ1v) is 7.34. The van der Waals surface area contributed by atoms with Crippen LogP contribution in [0.5, 0.6) is 0 Å². The van der Waals surface area contributed by atoms with E-state index in [4.69, 9.17) is 17.3 Å². The number of hydrogen-bond acceptors (Lipinski definition) is 4. The molecule has 0 aromatic carbocycles. The monoisotopic (exact) mass is 323 g/mol. The van der Waals surface area contributed by atoms with Gasteiger partial charge in [0, 0.05) is 12.7 Å². The molecule has 22 heavy (non-hydrogen) atoms. The van der Waals surface area contributed by atoms with Crippen LogP contribution in [0.25, 0.3) is 0 Å². The van der Waals surface area contributed by atoms with Crippen LogP contribution in [-0.4, -0.2) is 51.4 Å². The summed E-state index contributed by atoms with van der Waals surface area (Å²) in [5.41, 5.74) is 0.351. The fourth-order valence-electron chi connectivity index (χ4n) is 2.43. The van der Waals surface area contributed by atoms with Crippen LogP contribution in [0.3, 0.4) is 0 Å². The van der Waals surface area contributed by atoms with Crippen molar-refractivity contribution in [3.8, 4) is 0 Å². The van der Waals surface area contributed by atoms with Crippen molar-refractivity contribution < 1.29 is 19.5 Å². The predicted octanol–water partition coefficient (Wildman–Crippen LogP) is 0.938. The van der Waals surface area contributed by atoms with Crippen LogP contribution in [0.4, 0.5) is 0 Å². The van der Waals surface area contributed by atoms with Crippen molar-refractivity contribution in [3.05, 3.63) is 28.5 Å². The fraction of sp³-hybridized carbons (Fsp3) is 0.429. The van der Waals surface area contributed by atoms with Crippen molar-refractivity contribution in [1.82, 2.24) is 15.2 Å². The number of carbonyl (C=O) groups is 3. The first-order valence-electron chi connectivity index (χ1n) is 6.93. The average molecular weight is 323 g/mol. The lowest BCUT2D eigenvalue weighted by atomic mass is 10.2. The average Bonchev–Trinajstić information content (AvgIpc) is 2.96. The number of likely N-dealkylation sites (tertiary alicyclic amines) is 1. The molecule has 118 valence electrons. The summed E-state index contributed by atoms with van der Waals surface area (Å²) in [6.07, 6.45) is 2.56. The molecule has 2 heterocycles. The van der Waals surface area contributed by atoms with Crippen LogP contribution in [0, 0.1) is 4.64 Å². The number of rotatable bonds is 4. The topological polar surface area (TPSA) is 103 Å². The molecule has 3 N–H and O–H groups in total. The number of carboxylic acid groups (broad SMARTS) is 1. The maximum atomic E-state index is 12.3. The lowest BCUT2D eigenvalue weighted by Gasteiger charge is -2.25. The van der Waals surface area contributed by atoms with Crippen LogP contribution >= 0.6 is 12.2 Å². The zero-order chi connectivity index (χ0) is 16.3. The van der Waals surface area contributed by atoms with Crippen molar-refractivity contribution >= 4 is 30.0 Å². The van der Waals surface area contributed by atoms with Crippen LogP contribution in [0.15, 0.2) is 18.3 Å². The lowest BCUT2D eigenvalue weighted by Crippen LogP contribution is -2.50. The Bertz CT molecular complexity index is 637. The Labute approximate surface area is 132 Å². The highest BCUT2D eigenvalue weighted by Gasteiger charge is 2.36.